The molecule has 0 bridgehead atoms. The fourth-order valence-corrected chi connectivity index (χ4v) is 5.16. The molecule has 2 aliphatic rings. The first-order valence-electron chi connectivity index (χ1n) is 10.5. The third-order valence-corrected chi connectivity index (χ3v) is 6.94. The number of ether oxygens (including phenoxy) is 1. The summed E-state index contributed by atoms with van der Waals surface area (Å²) in [5.74, 6) is 1.68. The number of benzene rings is 2. The molecule has 0 saturated carbocycles. The van der Waals surface area contributed by atoms with Gasteiger partial charge in [-0.2, -0.15) is 0 Å². The summed E-state index contributed by atoms with van der Waals surface area (Å²) in [6.07, 6.45) is 6.53. The largest absolute Gasteiger partial charge is 0.497 e. The number of hydrogen-bond acceptors (Lipinski definition) is 2. The van der Waals surface area contributed by atoms with E-state index < -0.39 is 0 Å². The maximum absolute atomic E-state index is 5.36. The first-order chi connectivity index (χ1) is 13.2. The Labute approximate surface area is 163 Å². The van der Waals surface area contributed by atoms with Gasteiger partial charge in [-0.05, 0) is 54.9 Å². The summed E-state index contributed by atoms with van der Waals surface area (Å²) in [6, 6.07) is 18.5. The van der Waals surface area contributed by atoms with Crippen LogP contribution in [0.25, 0.3) is 0 Å². The van der Waals surface area contributed by atoms with E-state index in [1.165, 1.54) is 37.8 Å². The molecule has 144 valence electrons. The second-order valence-corrected chi connectivity index (χ2v) is 8.41. The fraction of sp³-hybridized carbons (Fsp3) is 0.500. The number of nitrogens with zero attached hydrogens (tertiary/aromatic N) is 1. The van der Waals surface area contributed by atoms with Crippen molar-refractivity contribution in [2.24, 2.45) is 0 Å². The van der Waals surface area contributed by atoms with E-state index in [0.29, 0.717) is 6.04 Å². The second kappa shape index (κ2) is 8.04. The Morgan fingerprint density at radius 3 is 2.70 bits per heavy atom. The standard InChI is InChI=1S/C24H33N2O/c1-26(21-12-14-23(27-2)15-13-21)17-16-25-18-22(26)11-10-20-8-5-7-19-6-3-4-9-24(19)20/h3-4,6,9,12-15,20,22,25H,5,7-8,10-11,16-18H2,1-2H3/q+1. The Morgan fingerprint density at radius 2 is 1.89 bits per heavy atom. The molecule has 2 aromatic rings. The van der Waals surface area contributed by atoms with Gasteiger partial charge in [0.25, 0.3) is 0 Å². The predicted molar refractivity (Wildman–Crippen MR) is 114 cm³/mol. The van der Waals surface area contributed by atoms with Crippen molar-refractivity contribution in [3.05, 3.63) is 59.7 Å². The zero-order chi connectivity index (χ0) is 18.7. The van der Waals surface area contributed by atoms with Gasteiger partial charge in [-0.25, -0.2) is 0 Å². The number of rotatable bonds is 5. The molecule has 1 N–H and O–H groups in total. The van der Waals surface area contributed by atoms with Crippen LogP contribution in [0.3, 0.4) is 0 Å². The summed E-state index contributed by atoms with van der Waals surface area (Å²) in [5, 5.41) is 3.65. The molecule has 0 aromatic heterocycles. The lowest BCUT2D eigenvalue weighted by molar-refractivity contribution is 0.185. The molecule has 1 heterocycles. The highest BCUT2D eigenvalue weighted by Crippen LogP contribution is 2.37. The number of quaternary nitrogens is 1. The van der Waals surface area contributed by atoms with Crippen LogP contribution in [0.4, 0.5) is 5.69 Å². The van der Waals surface area contributed by atoms with Crippen molar-refractivity contribution in [1.29, 1.82) is 0 Å². The van der Waals surface area contributed by atoms with Crippen molar-refractivity contribution in [3.8, 4) is 5.75 Å². The Kier molecular flexibility index (Phi) is 5.51. The number of hydrogen-bond donors (Lipinski definition) is 1. The summed E-state index contributed by atoms with van der Waals surface area (Å²) in [7, 11) is 4.16. The molecule has 1 fully saturated rings. The summed E-state index contributed by atoms with van der Waals surface area (Å²) in [6.45, 7) is 3.35. The van der Waals surface area contributed by atoms with Gasteiger partial charge in [-0.3, -0.25) is 4.48 Å². The van der Waals surface area contributed by atoms with E-state index >= 15 is 0 Å². The average molecular weight is 366 g/mol. The Balaban J connectivity index is 1.50. The molecule has 3 nitrogen and oxygen atoms in total. The minimum atomic E-state index is 0.626. The van der Waals surface area contributed by atoms with Crippen molar-refractivity contribution in [1.82, 2.24) is 9.80 Å². The zero-order valence-corrected chi connectivity index (χ0v) is 16.8. The van der Waals surface area contributed by atoms with Gasteiger partial charge in [0.15, 0.2) is 0 Å². The zero-order valence-electron chi connectivity index (χ0n) is 16.8. The highest BCUT2D eigenvalue weighted by molar-refractivity contribution is 5.47. The van der Waals surface area contributed by atoms with Crippen LogP contribution in [-0.4, -0.2) is 39.8 Å². The lowest BCUT2D eigenvalue weighted by Crippen LogP contribution is -2.64. The lowest BCUT2D eigenvalue weighted by Gasteiger charge is -2.45. The van der Waals surface area contributed by atoms with Crippen LogP contribution in [-0.2, 0) is 6.42 Å². The van der Waals surface area contributed by atoms with E-state index in [1.807, 2.05) is 0 Å². The van der Waals surface area contributed by atoms with Crippen LogP contribution < -0.4 is 14.5 Å². The number of likely N-dealkylation sites (N-methyl/N-ethyl adjacent to an activating group) is 1. The van der Waals surface area contributed by atoms with Crippen LogP contribution in [0.1, 0.15) is 42.7 Å². The normalized spacial score (nSPS) is 27.8. The van der Waals surface area contributed by atoms with Gasteiger partial charge in [-0.15, -0.1) is 0 Å². The van der Waals surface area contributed by atoms with Crippen LogP contribution >= 0.6 is 0 Å². The van der Waals surface area contributed by atoms with Gasteiger partial charge >= 0.3 is 0 Å². The molecule has 0 radical (unpaired) electrons. The molecule has 0 spiro atoms. The molecule has 4 rings (SSSR count). The number of methoxy groups -OCH3 is 1. The van der Waals surface area contributed by atoms with E-state index in [0.717, 1.165) is 35.8 Å². The minimum absolute atomic E-state index is 0.626. The molecule has 0 amide bonds. The van der Waals surface area contributed by atoms with Crippen LogP contribution in [0, 0.1) is 0 Å². The number of piperazine rings is 1. The Hall–Kier alpha value is -1.84. The van der Waals surface area contributed by atoms with E-state index in [2.05, 4.69) is 60.9 Å². The van der Waals surface area contributed by atoms with Gasteiger partial charge in [-0.1, -0.05) is 24.3 Å². The summed E-state index contributed by atoms with van der Waals surface area (Å²) >= 11 is 0. The third kappa shape index (κ3) is 3.76. The second-order valence-electron chi connectivity index (χ2n) is 8.41. The van der Waals surface area contributed by atoms with E-state index in [9.17, 15) is 0 Å². The van der Waals surface area contributed by atoms with Crippen LogP contribution in [0.2, 0.25) is 0 Å². The smallest absolute Gasteiger partial charge is 0.133 e. The summed E-state index contributed by atoms with van der Waals surface area (Å²) in [5.41, 5.74) is 4.61. The average Bonchev–Trinajstić information content (AvgIpc) is 2.73. The molecule has 27 heavy (non-hydrogen) atoms. The molecule has 1 aliphatic heterocycles. The quantitative estimate of drug-likeness (QED) is 0.788. The van der Waals surface area contributed by atoms with E-state index in [1.54, 1.807) is 18.2 Å². The van der Waals surface area contributed by atoms with Gasteiger partial charge in [0, 0.05) is 31.6 Å². The predicted octanol–water partition coefficient (Wildman–Crippen LogP) is 4.50. The molecule has 1 saturated heterocycles. The van der Waals surface area contributed by atoms with Crippen molar-refractivity contribution in [3.63, 3.8) is 0 Å². The summed E-state index contributed by atoms with van der Waals surface area (Å²) in [4.78, 5) is 0. The monoisotopic (exact) mass is 365 g/mol. The molecule has 3 atom stereocenters. The maximum Gasteiger partial charge on any atom is 0.133 e. The molecular weight excluding hydrogens is 332 g/mol. The van der Waals surface area contributed by atoms with Crippen molar-refractivity contribution < 1.29 is 4.74 Å². The van der Waals surface area contributed by atoms with Gasteiger partial charge in [0.1, 0.15) is 17.5 Å². The van der Waals surface area contributed by atoms with Gasteiger partial charge in [0.05, 0.1) is 20.7 Å². The van der Waals surface area contributed by atoms with E-state index in [4.69, 9.17) is 4.74 Å². The fourth-order valence-electron chi connectivity index (χ4n) is 5.16. The van der Waals surface area contributed by atoms with Crippen LogP contribution in [0.15, 0.2) is 48.5 Å². The Morgan fingerprint density at radius 1 is 1.07 bits per heavy atom. The topological polar surface area (TPSA) is 21.3 Å². The number of fused-ring (bicyclic) bond motifs is 1. The van der Waals surface area contributed by atoms with Crippen molar-refractivity contribution in [2.45, 2.75) is 44.1 Å². The lowest BCUT2D eigenvalue weighted by atomic mass is 9.79. The first-order valence-corrected chi connectivity index (χ1v) is 10.5. The van der Waals surface area contributed by atoms with Crippen molar-refractivity contribution in [2.75, 3.05) is 33.8 Å². The van der Waals surface area contributed by atoms with E-state index in [-0.39, 0.29) is 0 Å². The Bertz CT molecular complexity index is 757. The first kappa shape index (κ1) is 18.5. The third-order valence-electron chi connectivity index (χ3n) is 6.94. The molecule has 3 heteroatoms. The van der Waals surface area contributed by atoms with Crippen molar-refractivity contribution >= 4 is 5.69 Å². The number of aryl methyl sites for hydroxylation is 1. The summed E-state index contributed by atoms with van der Waals surface area (Å²) < 4.78 is 6.39. The maximum atomic E-state index is 5.36. The SMILES string of the molecule is COc1ccc([N+]2(C)CCNCC2CCC2CCCc3ccccc32)cc1. The van der Waals surface area contributed by atoms with Crippen LogP contribution in [0.5, 0.6) is 5.75 Å². The molecule has 2 aromatic carbocycles. The van der Waals surface area contributed by atoms with Gasteiger partial charge in [0.2, 0.25) is 0 Å². The molecule has 1 aliphatic carbocycles. The number of nitrogens with one attached hydrogen (secondary N) is 1. The minimum Gasteiger partial charge on any atom is -0.497 e. The van der Waals surface area contributed by atoms with Gasteiger partial charge < -0.3 is 10.1 Å². The highest BCUT2D eigenvalue weighted by Gasteiger charge is 2.38. The molecular formula is C24H33N2O+. The highest BCUT2D eigenvalue weighted by atomic mass is 16.5. The molecule has 3 unspecified atom stereocenters.